The molecule has 0 spiro atoms. The van der Waals surface area contributed by atoms with E-state index in [9.17, 15) is 14.4 Å². The maximum absolute atomic E-state index is 10.4. The first-order valence-electron chi connectivity index (χ1n) is 4.50. The highest BCUT2D eigenvalue weighted by molar-refractivity contribution is 7.48. The van der Waals surface area contributed by atoms with Gasteiger partial charge in [-0.1, -0.05) is 47.1 Å². The quantitative estimate of drug-likeness (QED) is 0.592. The summed E-state index contributed by atoms with van der Waals surface area (Å²) in [7, 11) is -4.28. The van der Waals surface area contributed by atoms with Gasteiger partial charge in [0.2, 0.25) is 0 Å². The summed E-state index contributed by atoms with van der Waals surface area (Å²) in [6.07, 6.45) is 3.55. The summed E-state index contributed by atoms with van der Waals surface area (Å²) in [5.41, 5.74) is 0. The maximum Gasteiger partial charge on any atom is -0.0222 e. The smallest absolute Gasteiger partial charge is 0.0222 e. The predicted octanol–water partition coefficient (Wildman–Crippen LogP) is 1.12. The standard InChI is InChI=1S/C8H19O3P/c1-3-5-6-8(4-2)7-12(9,10)11/h8H,3-7H2,1-2H3,(H2,9,10,11)/p-2. The molecule has 12 heavy (non-hydrogen) atoms. The Morgan fingerprint density at radius 3 is 2.25 bits per heavy atom. The van der Waals surface area contributed by atoms with Gasteiger partial charge in [0.25, 0.3) is 0 Å². The molecule has 0 aliphatic rings. The number of rotatable bonds is 6. The third-order valence-electron chi connectivity index (χ3n) is 2.03. The van der Waals surface area contributed by atoms with E-state index in [4.69, 9.17) is 0 Å². The third kappa shape index (κ3) is 6.84. The van der Waals surface area contributed by atoms with Gasteiger partial charge < -0.3 is 14.4 Å². The van der Waals surface area contributed by atoms with Crippen molar-refractivity contribution < 1.29 is 14.4 Å². The Bertz CT molecular complexity index is 152. The summed E-state index contributed by atoms with van der Waals surface area (Å²) >= 11 is 0. The Morgan fingerprint density at radius 1 is 1.33 bits per heavy atom. The van der Waals surface area contributed by atoms with Crippen LogP contribution in [0.3, 0.4) is 0 Å². The monoisotopic (exact) mass is 192 g/mol. The second-order valence-electron chi connectivity index (χ2n) is 3.21. The lowest BCUT2D eigenvalue weighted by molar-refractivity contribution is -0.314. The zero-order valence-corrected chi connectivity index (χ0v) is 8.68. The lowest BCUT2D eigenvalue weighted by atomic mass is 10.0. The van der Waals surface area contributed by atoms with Crippen molar-refractivity contribution in [3.8, 4) is 0 Å². The van der Waals surface area contributed by atoms with Gasteiger partial charge in [0, 0.05) is 0 Å². The molecule has 0 saturated heterocycles. The van der Waals surface area contributed by atoms with Gasteiger partial charge in [-0.2, -0.15) is 0 Å². The molecule has 0 radical (unpaired) electrons. The normalized spacial score (nSPS) is 14.7. The van der Waals surface area contributed by atoms with Crippen LogP contribution >= 0.6 is 7.60 Å². The highest BCUT2D eigenvalue weighted by Gasteiger charge is 2.06. The van der Waals surface area contributed by atoms with E-state index < -0.39 is 7.60 Å². The molecule has 0 aliphatic heterocycles. The van der Waals surface area contributed by atoms with Crippen LogP contribution in [0.4, 0.5) is 0 Å². The van der Waals surface area contributed by atoms with Crippen molar-refractivity contribution in [1.29, 1.82) is 0 Å². The average Bonchev–Trinajstić information content (AvgIpc) is 1.95. The molecule has 0 fully saturated rings. The van der Waals surface area contributed by atoms with Gasteiger partial charge in [-0.3, -0.25) is 0 Å². The van der Waals surface area contributed by atoms with Gasteiger partial charge in [-0.05, 0) is 12.1 Å². The second kappa shape index (κ2) is 5.74. The largest absolute Gasteiger partial charge is 0.811 e. The van der Waals surface area contributed by atoms with E-state index in [-0.39, 0.29) is 12.1 Å². The molecule has 0 saturated carbocycles. The fraction of sp³-hybridized carbons (Fsp3) is 1.00. The van der Waals surface area contributed by atoms with Gasteiger partial charge >= 0.3 is 0 Å². The van der Waals surface area contributed by atoms with Crippen LogP contribution in [0.25, 0.3) is 0 Å². The lowest BCUT2D eigenvalue weighted by Gasteiger charge is -2.33. The minimum absolute atomic E-state index is 0.0748. The van der Waals surface area contributed by atoms with Crippen LogP contribution in [-0.2, 0) is 4.57 Å². The highest BCUT2D eigenvalue weighted by atomic mass is 31.2. The van der Waals surface area contributed by atoms with Crippen LogP contribution in [0.2, 0.25) is 0 Å². The molecule has 0 bridgehead atoms. The van der Waals surface area contributed by atoms with Gasteiger partial charge in [0.1, 0.15) is 0 Å². The fourth-order valence-corrected chi connectivity index (χ4v) is 2.31. The van der Waals surface area contributed by atoms with E-state index >= 15 is 0 Å². The molecule has 0 aromatic rings. The highest BCUT2D eigenvalue weighted by Crippen LogP contribution is 2.30. The average molecular weight is 192 g/mol. The topological polar surface area (TPSA) is 63.2 Å². The molecule has 0 rings (SSSR count). The van der Waals surface area contributed by atoms with Crippen molar-refractivity contribution in [2.24, 2.45) is 5.92 Å². The molecule has 3 nitrogen and oxygen atoms in total. The Morgan fingerprint density at radius 2 is 1.92 bits per heavy atom. The van der Waals surface area contributed by atoms with Crippen LogP contribution in [0.1, 0.15) is 39.5 Å². The molecule has 0 aromatic carbocycles. The maximum atomic E-state index is 10.4. The van der Waals surface area contributed by atoms with Crippen LogP contribution in [0.15, 0.2) is 0 Å². The Balaban J connectivity index is 3.75. The van der Waals surface area contributed by atoms with E-state index in [1.807, 2.05) is 6.92 Å². The molecule has 0 amide bonds. The van der Waals surface area contributed by atoms with Crippen molar-refractivity contribution in [3.63, 3.8) is 0 Å². The second-order valence-corrected chi connectivity index (χ2v) is 4.80. The van der Waals surface area contributed by atoms with Crippen LogP contribution in [0, 0.1) is 5.92 Å². The van der Waals surface area contributed by atoms with Crippen molar-refractivity contribution in [3.05, 3.63) is 0 Å². The Hall–Kier alpha value is 0.150. The Kier molecular flexibility index (Phi) is 5.81. The van der Waals surface area contributed by atoms with Gasteiger partial charge in [0.05, 0.1) is 0 Å². The summed E-state index contributed by atoms with van der Waals surface area (Å²) in [6, 6.07) is 0. The molecule has 0 heterocycles. The molecule has 74 valence electrons. The van der Waals surface area contributed by atoms with E-state index in [0.717, 1.165) is 25.7 Å². The summed E-state index contributed by atoms with van der Waals surface area (Å²) < 4.78 is 10.4. The van der Waals surface area contributed by atoms with Gasteiger partial charge in [0.15, 0.2) is 0 Å². The minimum atomic E-state index is -4.28. The van der Waals surface area contributed by atoms with E-state index in [0.29, 0.717) is 0 Å². The summed E-state index contributed by atoms with van der Waals surface area (Å²) in [4.78, 5) is 20.9. The van der Waals surface area contributed by atoms with Crippen molar-refractivity contribution in [2.45, 2.75) is 39.5 Å². The van der Waals surface area contributed by atoms with Gasteiger partial charge in [-0.25, -0.2) is 0 Å². The van der Waals surface area contributed by atoms with Crippen molar-refractivity contribution in [2.75, 3.05) is 6.16 Å². The Labute approximate surface area is 74.3 Å². The lowest BCUT2D eigenvalue weighted by Crippen LogP contribution is -2.21. The SMILES string of the molecule is CCCCC(CC)CP(=O)([O-])[O-]. The van der Waals surface area contributed by atoms with E-state index in [2.05, 4.69) is 6.92 Å². The van der Waals surface area contributed by atoms with Crippen LogP contribution in [0.5, 0.6) is 0 Å². The zero-order valence-electron chi connectivity index (χ0n) is 7.78. The summed E-state index contributed by atoms with van der Waals surface area (Å²) in [6.45, 7) is 3.98. The fourth-order valence-electron chi connectivity index (χ4n) is 1.23. The molecule has 0 aromatic heterocycles. The van der Waals surface area contributed by atoms with Crippen molar-refractivity contribution >= 4 is 7.60 Å². The molecule has 0 N–H and O–H groups in total. The minimum Gasteiger partial charge on any atom is -0.811 e. The van der Waals surface area contributed by atoms with Crippen LogP contribution in [-0.4, -0.2) is 6.16 Å². The third-order valence-corrected chi connectivity index (χ3v) is 2.99. The summed E-state index contributed by atoms with van der Waals surface area (Å²) in [5.74, 6) is 0.0748. The van der Waals surface area contributed by atoms with E-state index in [1.165, 1.54) is 0 Å². The first-order valence-corrected chi connectivity index (χ1v) is 6.23. The van der Waals surface area contributed by atoms with Crippen LogP contribution < -0.4 is 9.79 Å². The number of hydrogen-bond acceptors (Lipinski definition) is 3. The van der Waals surface area contributed by atoms with Crippen molar-refractivity contribution in [1.82, 2.24) is 0 Å². The molecule has 0 aliphatic carbocycles. The molecule has 1 atom stereocenters. The van der Waals surface area contributed by atoms with Gasteiger partial charge in [-0.15, -0.1) is 0 Å². The first kappa shape index (κ1) is 12.2. The molecular formula is C8H17O3P-2. The zero-order chi connectivity index (χ0) is 9.61. The number of hydrogen-bond donors (Lipinski definition) is 0. The number of unbranched alkanes of at least 4 members (excludes halogenated alkanes) is 1. The molecular weight excluding hydrogens is 175 g/mol. The molecule has 4 heteroatoms. The summed E-state index contributed by atoms with van der Waals surface area (Å²) in [5, 5.41) is 0. The first-order chi connectivity index (χ1) is 5.49. The predicted molar refractivity (Wildman–Crippen MR) is 45.8 cm³/mol. The van der Waals surface area contributed by atoms with E-state index in [1.54, 1.807) is 0 Å². The molecule has 1 unspecified atom stereocenters.